The van der Waals surface area contributed by atoms with Gasteiger partial charge in [0.25, 0.3) is 0 Å². The molecular weight excluding hydrogens is 1120 g/mol. The molecule has 24 heteroatoms. The molecule has 0 aliphatic rings. The Bertz CT molecular complexity index is 650. The maximum absolute atomic E-state index is 9.98. The number of allylic oxidation sites excluding steroid dienone is 8. The van der Waals surface area contributed by atoms with Gasteiger partial charge in [-0.25, -0.2) is 0 Å². The molecule has 0 bridgehead atoms. The summed E-state index contributed by atoms with van der Waals surface area (Å²) in [5.41, 5.74) is 0. The second-order valence-electron chi connectivity index (χ2n) is 7.77. The summed E-state index contributed by atoms with van der Waals surface area (Å²) >= 11 is 0. The molecule has 0 saturated heterocycles. The Labute approximate surface area is 422 Å². The quantitative estimate of drug-likeness (QED) is 0.144. The van der Waals surface area contributed by atoms with Crippen molar-refractivity contribution in [3.05, 3.63) is 47.3 Å². The summed E-state index contributed by atoms with van der Waals surface area (Å²) in [4.78, 5) is 39.9. The topological polar surface area (TPSA) is 459 Å². The maximum atomic E-state index is 9.98. The molecule has 0 aromatic rings. The first-order valence-electron chi connectivity index (χ1n) is 15.9. The first kappa shape index (κ1) is 130. The minimum Gasteiger partial charge on any atom is -2.00 e. The predicted octanol–water partition coefficient (Wildman–Crippen LogP) is -6.19. The van der Waals surface area contributed by atoms with Crippen molar-refractivity contribution in [2.75, 3.05) is 52.9 Å². The van der Waals surface area contributed by atoms with Crippen molar-refractivity contribution in [1.82, 2.24) is 0 Å². The van der Waals surface area contributed by atoms with Crippen LogP contribution in [0.3, 0.4) is 0 Å². The van der Waals surface area contributed by atoms with Gasteiger partial charge in [-0.15, -0.1) is 75.9 Å². The van der Waals surface area contributed by atoms with Crippen LogP contribution in [0, 0.1) is 0 Å². The van der Waals surface area contributed by atoms with Gasteiger partial charge in [0, 0.05) is 0 Å². The molecule has 0 aromatic heterocycles. The molecule has 0 radical (unpaired) electrons. The van der Waals surface area contributed by atoms with Crippen molar-refractivity contribution in [2.45, 2.75) is 111 Å². The largest absolute Gasteiger partial charge is 5.00 e. The van der Waals surface area contributed by atoms with E-state index in [2.05, 4.69) is 0 Å². The Hall–Kier alpha value is -0.679. The first-order valence-corrected chi connectivity index (χ1v) is 15.9. The number of hydrogen-bond acceptors (Lipinski definition) is 16. The van der Waals surface area contributed by atoms with E-state index in [9.17, 15) is 39.6 Å². The standard InChI is InChI=1S/4C5H8O2.8C2H5O.4Nb.4O/c4*1-4(6)3-5(2)7;8*1-2-3;;;;;;;;/h4*3,6H,1-2H3;8*2H2,1H3;;;;;;;;/q;;;;8*-1;4*+5;4*-2/p-4/b4*4-3-;;;;;;;;;;;;;;;;. The molecule has 0 aromatic carbocycles. The van der Waals surface area contributed by atoms with Gasteiger partial charge in [0.05, 0.1) is 0 Å². The first-order chi connectivity index (χ1) is 23.8. The molecule has 0 heterocycles. The van der Waals surface area contributed by atoms with E-state index in [1.165, 1.54) is 55.4 Å². The molecule has 0 aliphatic carbocycles. The van der Waals surface area contributed by atoms with E-state index in [1.54, 1.807) is 55.4 Å². The molecule has 0 unspecified atom stereocenters. The second kappa shape index (κ2) is 154. The van der Waals surface area contributed by atoms with Crippen LogP contribution in [0.2, 0.25) is 0 Å². The molecule has 20 nitrogen and oxygen atoms in total. The summed E-state index contributed by atoms with van der Waals surface area (Å²) in [6.07, 6.45) is 4.22. The van der Waals surface area contributed by atoms with Crippen LogP contribution in [-0.2, 0) is 131 Å². The molecular formula is C36H68Nb4O20. The van der Waals surface area contributed by atoms with Gasteiger partial charge >= 0.3 is 89.5 Å². The van der Waals surface area contributed by atoms with Gasteiger partial charge < -0.3 is 83.2 Å². The van der Waals surface area contributed by atoms with Crippen LogP contribution in [-0.4, -0.2) is 76.0 Å². The number of ketones is 4. The van der Waals surface area contributed by atoms with Crippen molar-refractivity contribution in [3.63, 3.8) is 0 Å². The zero-order valence-corrected chi connectivity index (χ0v) is 46.7. The van der Waals surface area contributed by atoms with Crippen molar-refractivity contribution in [2.24, 2.45) is 0 Å². The van der Waals surface area contributed by atoms with Gasteiger partial charge in [-0.3, -0.25) is 19.2 Å². The van der Waals surface area contributed by atoms with E-state index in [4.69, 9.17) is 40.9 Å². The summed E-state index contributed by atoms with van der Waals surface area (Å²) in [6.45, 7) is 23.3. The van der Waals surface area contributed by atoms with Crippen LogP contribution in [0.5, 0.6) is 0 Å². The monoisotopic (exact) mass is 1190 g/mol. The minimum absolute atomic E-state index is 0. The number of rotatable bonds is 4. The van der Waals surface area contributed by atoms with E-state index in [1.807, 2.05) is 0 Å². The smallest absolute Gasteiger partial charge is 2.00 e. The zero-order chi connectivity index (χ0) is 45.1. The van der Waals surface area contributed by atoms with E-state index in [0.29, 0.717) is 0 Å². The van der Waals surface area contributed by atoms with Gasteiger partial charge in [0.15, 0.2) is 23.1 Å². The van der Waals surface area contributed by atoms with Gasteiger partial charge in [-0.1, -0.05) is 83.1 Å². The summed E-state index contributed by atoms with van der Waals surface area (Å²) in [5, 5.41) is 111. The van der Waals surface area contributed by atoms with E-state index in [0.717, 1.165) is 24.3 Å². The second-order valence-corrected chi connectivity index (χ2v) is 7.77. The summed E-state index contributed by atoms with van der Waals surface area (Å²) in [6, 6.07) is 0. The third-order valence-electron chi connectivity index (χ3n) is 1.63. The van der Waals surface area contributed by atoms with Gasteiger partial charge in [0.1, 0.15) is 0 Å². The van der Waals surface area contributed by atoms with Crippen molar-refractivity contribution in [3.8, 4) is 0 Å². The SMILES string of the molecule is CC(=O)/C=C(/C)[O-].CC(=O)/C=C(/C)[O-].CC(=O)/C=C(/C)[O-].CC(=O)/C=C(/C)[O-].CC[O-].CC[O-].CC[O-].CC[O-].CC[O-].CC[O-].CC[O-].CC[O-].[Nb+5].[Nb+5].[Nb+5].[Nb+5].[O-2].[O-2].[O-2].[O-2]. The Morgan fingerprint density at radius 1 is 0.283 bits per heavy atom. The summed E-state index contributed by atoms with van der Waals surface area (Å²) < 4.78 is 0. The Balaban J connectivity index is -0.0000000163. The minimum atomic E-state index is -0.187. The van der Waals surface area contributed by atoms with Crippen LogP contribution < -0.4 is 61.3 Å². The zero-order valence-electron chi connectivity index (χ0n) is 37.9. The third-order valence-corrected chi connectivity index (χ3v) is 1.63. The van der Waals surface area contributed by atoms with Crippen molar-refractivity contribution < 1.29 is 192 Å². The molecule has 0 amide bonds. The fourth-order valence-electron chi connectivity index (χ4n) is 1.14. The molecule has 0 fully saturated rings. The molecule has 0 atom stereocenters. The van der Waals surface area contributed by atoms with E-state index < -0.39 is 0 Å². The average Bonchev–Trinajstić information content (AvgIpc) is 2.90. The molecule has 0 spiro atoms. The van der Waals surface area contributed by atoms with Crippen LogP contribution >= 0.6 is 0 Å². The van der Waals surface area contributed by atoms with Gasteiger partial charge in [-0.05, 0) is 52.0 Å². The van der Waals surface area contributed by atoms with Gasteiger partial charge in [0.2, 0.25) is 0 Å². The van der Waals surface area contributed by atoms with E-state index >= 15 is 0 Å². The van der Waals surface area contributed by atoms with Crippen LogP contribution in [0.15, 0.2) is 47.3 Å². The predicted molar refractivity (Wildman–Crippen MR) is 185 cm³/mol. The Morgan fingerprint density at radius 3 is 0.333 bits per heavy atom. The van der Waals surface area contributed by atoms with Crippen LogP contribution in [0.4, 0.5) is 0 Å². The normalized spacial score (nSPS) is 7.73. The van der Waals surface area contributed by atoms with Crippen LogP contribution in [0.1, 0.15) is 111 Å². The fraction of sp³-hybridized carbons (Fsp3) is 0.667. The molecule has 0 aliphatic heterocycles. The van der Waals surface area contributed by atoms with Crippen molar-refractivity contribution >= 4 is 23.1 Å². The van der Waals surface area contributed by atoms with Gasteiger partial charge in [-0.2, -0.15) is 0 Å². The summed E-state index contributed by atoms with van der Waals surface area (Å²) in [7, 11) is 0. The maximum Gasteiger partial charge on any atom is 5.00 e. The molecule has 60 heavy (non-hydrogen) atoms. The van der Waals surface area contributed by atoms with E-state index in [-0.39, 0.29) is 210 Å². The fourth-order valence-corrected chi connectivity index (χ4v) is 1.14. The average molecular weight is 1190 g/mol. The number of hydrogen-bond donors (Lipinski definition) is 0. The molecule has 0 rings (SSSR count). The Kier molecular flexibility index (Phi) is 334. The Morgan fingerprint density at radius 2 is 0.333 bits per heavy atom. The van der Waals surface area contributed by atoms with Crippen LogP contribution in [0.25, 0.3) is 0 Å². The van der Waals surface area contributed by atoms with Crippen molar-refractivity contribution in [1.29, 1.82) is 0 Å². The molecule has 0 saturated carbocycles. The number of carbonyl (C=O) groups is 4. The molecule has 352 valence electrons. The summed E-state index contributed by atoms with van der Waals surface area (Å²) in [5.74, 6) is -1.50. The third kappa shape index (κ3) is 775. The molecule has 0 N–H and O–H groups in total. The number of carbonyl (C=O) groups excluding carboxylic acids is 4.